The van der Waals surface area contributed by atoms with Gasteiger partial charge in [-0.15, -0.1) is 0 Å². The van der Waals surface area contributed by atoms with E-state index < -0.39 is 5.25 Å². The second kappa shape index (κ2) is 15.2. The molecule has 12 nitrogen and oxygen atoms in total. The van der Waals surface area contributed by atoms with Crippen LogP contribution in [0.5, 0.6) is 23.0 Å². The molecule has 0 aliphatic carbocycles. The predicted molar refractivity (Wildman–Crippen MR) is 184 cm³/mol. The molecule has 254 valence electrons. The Kier molecular flexibility index (Phi) is 10.4. The largest absolute Gasteiger partial charge is 0.493 e. The fourth-order valence-electron chi connectivity index (χ4n) is 5.37. The number of ether oxygens (including phenoxy) is 4. The maximum Gasteiger partial charge on any atom is 0.262 e. The highest BCUT2D eigenvalue weighted by Gasteiger charge is 2.24. The molecule has 2 aromatic heterocycles. The first kappa shape index (κ1) is 33.5. The van der Waals surface area contributed by atoms with Crippen molar-refractivity contribution < 1.29 is 33.0 Å². The van der Waals surface area contributed by atoms with Crippen molar-refractivity contribution in [2.24, 2.45) is 0 Å². The van der Waals surface area contributed by atoms with Gasteiger partial charge >= 0.3 is 0 Å². The monoisotopic (exact) mass is 684 g/mol. The summed E-state index contributed by atoms with van der Waals surface area (Å²) in [6.45, 7) is 2.82. The van der Waals surface area contributed by atoms with Gasteiger partial charge in [0.1, 0.15) is 5.76 Å². The molecule has 3 heterocycles. The van der Waals surface area contributed by atoms with E-state index in [1.807, 2.05) is 25.1 Å². The molecule has 0 bridgehead atoms. The van der Waals surface area contributed by atoms with Crippen LogP contribution in [0.2, 0.25) is 0 Å². The molecular formula is C36H36N4O8S. The highest BCUT2D eigenvalue weighted by molar-refractivity contribution is 8.00. The number of nitrogens with zero attached hydrogens (tertiary/aromatic N) is 2. The minimum absolute atomic E-state index is 0.0609. The Labute approximate surface area is 286 Å². The molecule has 5 aromatic rings. The number of methoxy groups -OCH3 is 2. The van der Waals surface area contributed by atoms with E-state index in [0.717, 1.165) is 11.1 Å². The first-order chi connectivity index (χ1) is 23.9. The molecular weight excluding hydrogens is 648 g/mol. The average molecular weight is 685 g/mol. The number of thioether (sulfide) groups is 1. The van der Waals surface area contributed by atoms with Crippen LogP contribution in [0.4, 0.5) is 0 Å². The minimum Gasteiger partial charge on any atom is -0.493 e. The van der Waals surface area contributed by atoms with Crippen molar-refractivity contribution in [3.63, 3.8) is 0 Å². The lowest BCUT2D eigenvalue weighted by molar-refractivity contribution is -0.120. The fourth-order valence-corrected chi connectivity index (χ4v) is 6.41. The molecule has 0 fully saturated rings. The summed E-state index contributed by atoms with van der Waals surface area (Å²) in [6, 6.07) is 19.6. The Morgan fingerprint density at radius 3 is 2.43 bits per heavy atom. The molecule has 13 heteroatoms. The van der Waals surface area contributed by atoms with Crippen molar-refractivity contribution in [2.75, 3.05) is 27.6 Å². The molecule has 2 amide bonds. The number of nitrogens with one attached hydrogen (secondary N) is 2. The van der Waals surface area contributed by atoms with Crippen LogP contribution in [0.15, 0.2) is 87.4 Å². The van der Waals surface area contributed by atoms with Gasteiger partial charge in [0.2, 0.25) is 12.7 Å². The normalized spacial score (nSPS) is 12.5. The lowest BCUT2D eigenvalue weighted by Crippen LogP contribution is -2.33. The van der Waals surface area contributed by atoms with Gasteiger partial charge in [-0.05, 0) is 66.4 Å². The van der Waals surface area contributed by atoms with E-state index in [1.165, 1.54) is 11.8 Å². The van der Waals surface area contributed by atoms with Crippen molar-refractivity contribution in [1.82, 2.24) is 20.2 Å². The van der Waals surface area contributed by atoms with E-state index in [9.17, 15) is 14.4 Å². The third-order valence-electron chi connectivity index (χ3n) is 8.05. The zero-order valence-corrected chi connectivity index (χ0v) is 28.1. The van der Waals surface area contributed by atoms with Crippen molar-refractivity contribution in [3.05, 3.63) is 106 Å². The third-order valence-corrected chi connectivity index (χ3v) is 9.40. The van der Waals surface area contributed by atoms with Gasteiger partial charge in [-0.3, -0.25) is 19.0 Å². The summed E-state index contributed by atoms with van der Waals surface area (Å²) in [5, 5.41) is 6.09. The van der Waals surface area contributed by atoms with E-state index in [2.05, 4.69) is 10.6 Å². The molecule has 1 aliphatic rings. The third kappa shape index (κ3) is 7.67. The van der Waals surface area contributed by atoms with Gasteiger partial charge < -0.3 is 34.0 Å². The summed E-state index contributed by atoms with van der Waals surface area (Å²) in [5.74, 6) is 2.49. The summed E-state index contributed by atoms with van der Waals surface area (Å²) in [6.07, 6.45) is 2.67. The molecule has 1 atom stereocenters. The van der Waals surface area contributed by atoms with Crippen molar-refractivity contribution in [3.8, 4) is 23.0 Å². The Morgan fingerprint density at radius 2 is 1.71 bits per heavy atom. The van der Waals surface area contributed by atoms with E-state index >= 15 is 0 Å². The van der Waals surface area contributed by atoms with Gasteiger partial charge in [0.25, 0.3) is 11.5 Å². The Hall–Kier alpha value is -5.43. The number of fused-ring (bicyclic) bond motifs is 2. The molecule has 6 rings (SSSR count). The number of hydrogen-bond acceptors (Lipinski definition) is 10. The molecule has 0 saturated carbocycles. The first-order valence-corrected chi connectivity index (χ1v) is 16.6. The van der Waals surface area contributed by atoms with Crippen LogP contribution < -0.4 is 35.1 Å². The van der Waals surface area contributed by atoms with Crippen LogP contribution in [0.25, 0.3) is 10.9 Å². The van der Waals surface area contributed by atoms with Crippen LogP contribution in [0.3, 0.4) is 0 Å². The Balaban J connectivity index is 1.19. The molecule has 3 aromatic carbocycles. The maximum atomic E-state index is 14.0. The number of furan rings is 1. The van der Waals surface area contributed by atoms with Crippen LogP contribution in [-0.4, -0.2) is 54.2 Å². The van der Waals surface area contributed by atoms with E-state index in [1.54, 1.807) is 73.6 Å². The molecule has 0 spiro atoms. The molecule has 49 heavy (non-hydrogen) atoms. The van der Waals surface area contributed by atoms with E-state index in [0.29, 0.717) is 69.8 Å². The summed E-state index contributed by atoms with van der Waals surface area (Å²) < 4.78 is 28.6. The van der Waals surface area contributed by atoms with E-state index in [4.69, 9.17) is 28.3 Å². The highest BCUT2D eigenvalue weighted by Crippen LogP contribution is 2.36. The SMILES string of the molecule is CC[C@@H](Sc1nc2cc3c(cc2c(=O)n1Cc1ccc(C(=O)NCCc2ccc(OC)c(OC)c2)cc1)OCO3)C(=O)NCc1ccco1. The first-order valence-electron chi connectivity index (χ1n) is 15.8. The van der Waals surface area contributed by atoms with Crippen LogP contribution in [-0.2, 0) is 24.3 Å². The second-order valence-electron chi connectivity index (χ2n) is 11.2. The van der Waals surface area contributed by atoms with Gasteiger partial charge in [0.05, 0.1) is 49.7 Å². The van der Waals surface area contributed by atoms with Gasteiger partial charge in [0.15, 0.2) is 28.2 Å². The number of hydrogen-bond donors (Lipinski definition) is 2. The lowest BCUT2D eigenvalue weighted by atomic mass is 10.1. The number of benzene rings is 3. The second-order valence-corrected chi connectivity index (χ2v) is 12.4. The van der Waals surface area contributed by atoms with Gasteiger partial charge in [-0.1, -0.05) is 36.9 Å². The Morgan fingerprint density at radius 1 is 0.959 bits per heavy atom. The molecule has 0 radical (unpaired) electrons. The summed E-state index contributed by atoms with van der Waals surface area (Å²) in [7, 11) is 3.17. The molecule has 2 N–H and O–H groups in total. The molecule has 0 saturated heterocycles. The number of rotatable bonds is 14. The Bertz CT molecular complexity index is 2010. The highest BCUT2D eigenvalue weighted by atomic mass is 32.2. The zero-order chi connectivity index (χ0) is 34.3. The average Bonchev–Trinajstić information content (AvgIpc) is 3.82. The zero-order valence-electron chi connectivity index (χ0n) is 27.3. The predicted octanol–water partition coefficient (Wildman–Crippen LogP) is 4.94. The lowest BCUT2D eigenvalue weighted by Gasteiger charge is -2.18. The number of carbonyl (C=O) groups excluding carboxylic acids is 2. The summed E-state index contributed by atoms with van der Waals surface area (Å²) >= 11 is 1.22. The topological polar surface area (TPSA) is 143 Å². The summed E-state index contributed by atoms with van der Waals surface area (Å²) in [4.78, 5) is 44.9. The van der Waals surface area contributed by atoms with E-state index in [-0.39, 0.29) is 37.3 Å². The molecule has 0 unspecified atom stereocenters. The van der Waals surface area contributed by atoms with Crippen molar-refractivity contribution in [2.45, 2.75) is 43.3 Å². The van der Waals surface area contributed by atoms with Crippen LogP contribution in [0.1, 0.15) is 40.6 Å². The van der Waals surface area contributed by atoms with Crippen molar-refractivity contribution >= 4 is 34.5 Å². The maximum absolute atomic E-state index is 14.0. The van der Waals surface area contributed by atoms with Crippen LogP contribution >= 0.6 is 11.8 Å². The number of amides is 2. The number of carbonyl (C=O) groups is 2. The molecule has 1 aliphatic heterocycles. The fraction of sp³-hybridized carbons (Fsp3) is 0.278. The van der Waals surface area contributed by atoms with Crippen molar-refractivity contribution in [1.29, 1.82) is 0 Å². The van der Waals surface area contributed by atoms with Crippen LogP contribution in [0, 0.1) is 0 Å². The number of aromatic nitrogens is 2. The quantitative estimate of drug-likeness (QED) is 0.122. The van der Waals surface area contributed by atoms with Gasteiger partial charge in [-0.25, -0.2) is 4.98 Å². The minimum atomic E-state index is -0.523. The smallest absolute Gasteiger partial charge is 0.262 e. The summed E-state index contributed by atoms with van der Waals surface area (Å²) in [5.41, 5.74) is 2.43. The standard InChI is InChI=1S/C36H36N4O8S/c1-4-32(34(42)38-19-25-6-5-15-46-25)49-36-39-27-18-31-30(47-21-48-31)17-26(27)35(43)40(36)20-23-7-10-24(11-8-23)33(41)37-14-13-22-9-12-28(44-2)29(16-22)45-3/h5-12,15-18,32H,4,13-14,19-21H2,1-3H3,(H,37,41)(H,38,42)/t32-/m1/s1. The van der Waals surface area contributed by atoms with Gasteiger partial charge in [-0.2, -0.15) is 0 Å². The van der Waals surface area contributed by atoms with Gasteiger partial charge in [0, 0.05) is 18.2 Å².